The van der Waals surface area contributed by atoms with Crippen molar-refractivity contribution in [1.82, 2.24) is 5.43 Å². The molecule has 0 radical (unpaired) electrons. The summed E-state index contributed by atoms with van der Waals surface area (Å²) in [6.45, 7) is 1.91. The Kier molecular flexibility index (Phi) is 8.07. The number of hydrogen-bond acceptors (Lipinski definition) is 3. The fourth-order valence-corrected chi connectivity index (χ4v) is 1.04. The molecule has 15 heavy (non-hydrogen) atoms. The van der Waals surface area contributed by atoms with E-state index in [1.807, 2.05) is 13.0 Å². The smallest absolute Gasteiger partial charge is 0.857 e. The molecule has 0 aliphatic carbocycles. The third-order valence-electron chi connectivity index (χ3n) is 1.52. The van der Waals surface area contributed by atoms with E-state index in [2.05, 4.69) is 35.4 Å². The summed E-state index contributed by atoms with van der Waals surface area (Å²) in [5.41, 5.74) is 3.88. The van der Waals surface area contributed by atoms with Gasteiger partial charge in [-0.05, 0) is 12.5 Å². The maximum atomic E-state index is 11.4. The largest absolute Gasteiger partial charge is 1.00 e. The molecule has 0 fully saturated rings. The first kappa shape index (κ1) is 15.6. The fourth-order valence-electron chi connectivity index (χ4n) is 0.941. The van der Waals surface area contributed by atoms with Crippen LogP contribution in [0.25, 0.3) is 0 Å². The Morgan fingerprint density at radius 1 is 1.53 bits per heavy atom. The van der Waals surface area contributed by atoms with Gasteiger partial charge in [0.1, 0.15) is 0 Å². The topological polar surface area (TPSA) is 47.5 Å². The van der Waals surface area contributed by atoms with Crippen molar-refractivity contribution >= 4 is 35.1 Å². The number of benzene rings is 1. The van der Waals surface area contributed by atoms with Crippen LogP contribution in [0.1, 0.15) is 11.1 Å². The molecule has 0 amide bonds. The Morgan fingerprint density at radius 3 is 2.73 bits per heavy atom. The molecule has 3 nitrogen and oxygen atoms in total. The van der Waals surface area contributed by atoms with Crippen LogP contribution >= 0.6 is 24.8 Å². The number of thiol groups is 1. The Labute approximate surface area is 142 Å². The molecule has 0 bridgehead atoms. The van der Waals surface area contributed by atoms with Gasteiger partial charge in [0.25, 0.3) is 0 Å². The molecule has 1 rings (SSSR count). The summed E-state index contributed by atoms with van der Waals surface area (Å²) in [5.74, 6) is -0.356. The van der Waals surface area contributed by atoms with Crippen LogP contribution in [-0.4, -0.2) is 10.2 Å². The molecule has 0 atom stereocenters. The van der Waals surface area contributed by atoms with Crippen molar-refractivity contribution in [3.63, 3.8) is 0 Å². The quantitative estimate of drug-likeness (QED) is 0.160. The van der Waals surface area contributed by atoms with Crippen molar-refractivity contribution < 1.29 is 56.5 Å². The molecule has 0 saturated carbocycles. The van der Waals surface area contributed by atoms with Crippen molar-refractivity contribution in [3.8, 4) is 0 Å². The zero-order chi connectivity index (χ0) is 10.6. The SMILES string of the molecule is Cc1cccc(C([O-])=NNC(=S)S)c1.[K+]. The predicted octanol–water partition coefficient (Wildman–Crippen LogP) is -2.17. The Hall–Kier alpha value is 0.566. The number of hydrogen-bond donors (Lipinski definition) is 2. The normalized spacial score (nSPS) is 10.4. The Morgan fingerprint density at radius 2 is 2.20 bits per heavy atom. The molecule has 0 aliphatic heterocycles. The second-order valence-corrected chi connectivity index (χ2v) is 3.86. The standard InChI is InChI=1S/C9H10N2OS2.K/c1-6-3-2-4-7(5-6)8(12)10-11-9(13)14;/h2-5H,1H3,(H,10,12)(H2,11,13,14);/q;+1/p-1. The maximum Gasteiger partial charge on any atom is 1.00 e. The molecule has 0 aliphatic rings. The predicted molar refractivity (Wildman–Crippen MR) is 62.4 cm³/mol. The molecular weight excluding hydrogens is 255 g/mol. The van der Waals surface area contributed by atoms with Gasteiger partial charge in [-0.15, -0.1) is 12.6 Å². The van der Waals surface area contributed by atoms with Crippen molar-refractivity contribution in [1.29, 1.82) is 0 Å². The average molecular weight is 264 g/mol. The Bertz CT molecular complexity index is 382. The summed E-state index contributed by atoms with van der Waals surface area (Å²) in [6, 6.07) is 7.17. The van der Waals surface area contributed by atoms with E-state index in [9.17, 15) is 5.11 Å². The van der Waals surface area contributed by atoms with E-state index in [1.54, 1.807) is 18.2 Å². The van der Waals surface area contributed by atoms with E-state index in [0.29, 0.717) is 5.56 Å². The molecule has 0 heterocycles. The van der Waals surface area contributed by atoms with Gasteiger partial charge in [0.2, 0.25) is 0 Å². The third kappa shape index (κ3) is 6.01. The summed E-state index contributed by atoms with van der Waals surface area (Å²) in [4.78, 5) is 0. The van der Waals surface area contributed by atoms with Crippen LogP contribution < -0.4 is 61.9 Å². The summed E-state index contributed by atoms with van der Waals surface area (Å²) in [6.07, 6.45) is 0. The minimum Gasteiger partial charge on any atom is -0.857 e. The van der Waals surface area contributed by atoms with Gasteiger partial charge < -0.3 is 5.11 Å². The number of nitrogens with one attached hydrogen (secondary N) is 1. The van der Waals surface area contributed by atoms with Crippen LogP contribution in [0.3, 0.4) is 0 Å². The van der Waals surface area contributed by atoms with Crippen LogP contribution in [-0.2, 0) is 0 Å². The van der Waals surface area contributed by atoms with Gasteiger partial charge in [-0.25, -0.2) is 0 Å². The van der Waals surface area contributed by atoms with Crippen molar-refractivity contribution in [3.05, 3.63) is 35.4 Å². The van der Waals surface area contributed by atoms with Gasteiger partial charge in [-0.3, -0.25) is 5.43 Å². The minimum atomic E-state index is -0.356. The van der Waals surface area contributed by atoms with Crippen molar-refractivity contribution in [2.45, 2.75) is 6.92 Å². The zero-order valence-corrected chi connectivity index (χ0v) is 13.4. The molecule has 0 spiro atoms. The summed E-state index contributed by atoms with van der Waals surface area (Å²) >= 11 is 8.38. The maximum absolute atomic E-state index is 11.4. The molecule has 1 aromatic rings. The van der Waals surface area contributed by atoms with Gasteiger partial charge in [-0.2, -0.15) is 5.10 Å². The van der Waals surface area contributed by atoms with E-state index in [1.165, 1.54) is 0 Å². The molecule has 0 unspecified atom stereocenters. The van der Waals surface area contributed by atoms with Crippen LogP contribution in [0.15, 0.2) is 29.4 Å². The molecule has 1 N–H and O–H groups in total. The van der Waals surface area contributed by atoms with E-state index >= 15 is 0 Å². The number of aryl methyl sites for hydroxylation is 1. The molecule has 0 aromatic heterocycles. The fraction of sp³-hybridized carbons (Fsp3) is 0.111. The zero-order valence-electron chi connectivity index (χ0n) is 8.52. The second kappa shape index (κ2) is 7.78. The molecule has 0 saturated heterocycles. The van der Waals surface area contributed by atoms with Crippen LogP contribution in [0.4, 0.5) is 0 Å². The second-order valence-electron chi connectivity index (χ2n) is 2.70. The van der Waals surface area contributed by atoms with E-state index in [-0.39, 0.29) is 61.6 Å². The average Bonchev–Trinajstić information content (AvgIpc) is 2.14. The van der Waals surface area contributed by atoms with Crippen LogP contribution in [0.5, 0.6) is 0 Å². The molecule has 1 aromatic carbocycles. The van der Waals surface area contributed by atoms with E-state index < -0.39 is 0 Å². The molecule has 6 heteroatoms. The van der Waals surface area contributed by atoms with E-state index in [4.69, 9.17) is 0 Å². The first-order valence-electron chi connectivity index (χ1n) is 3.90. The minimum absolute atomic E-state index is 0. The van der Waals surface area contributed by atoms with Crippen molar-refractivity contribution in [2.24, 2.45) is 5.10 Å². The number of rotatable bonds is 2. The van der Waals surface area contributed by atoms with Gasteiger partial charge in [0, 0.05) is 5.90 Å². The monoisotopic (exact) mass is 264 g/mol. The van der Waals surface area contributed by atoms with Gasteiger partial charge in [0.15, 0.2) is 4.32 Å². The summed E-state index contributed by atoms with van der Waals surface area (Å²) < 4.78 is 0.172. The van der Waals surface area contributed by atoms with Gasteiger partial charge in [-0.1, -0.05) is 42.0 Å². The van der Waals surface area contributed by atoms with Crippen molar-refractivity contribution in [2.75, 3.05) is 0 Å². The Balaban J connectivity index is 0.00000196. The third-order valence-corrected chi connectivity index (χ3v) is 1.71. The van der Waals surface area contributed by atoms with Crippen LogP contribution in [0.2, 0.25) is 0 Å². The number of thiocarbonyl (C=S) groups is 1. The number of nitrogens with zero attached hydrogens (tertiary/aromatic N) is 1. The molecular formula is C9H9KN2OS2. The van der Waals surface area contributed by atoms with Crippen LogP contribution in [0, 0.1) is 6.92 Å². The summed E-state index contributed by atoms with van der Waals surface area (Å²) in [7, 11) is 0. The first-order valence-corrected chi connectivity index (χ1v) is 4.76. The number of hydrazone groups is 1. The van der Waals surface area contributed by atoms with E-state index in [0.717, 1.165) is 5.56 Å². The molecule has 74 valence electrons. The summed E-state index contributed by atoms with van der Waals surface area (Å²) in [5, 5.41) is 14.9. The first-order chi connectivity index (χ1) is 6.59. The van der Waals surface area contributed by atoms with Gasteiger partial charge in [0.05, 0.1) is 0 Å². The van der Waals surface area contributed by atoms with Gasteiger partial charge >= 0.3 is 51.4 Å².